The van der Waals surface area contributed by atoms with Gasteiger partial charge in [0.2, 0.25) is 5.91 Å². The Bertz CT molecular complexity index is 795. The minimum Gasteiger partial charge on any atom is -0.496 e. The average Bonchev–Trinajstić information content (AvgIpc) is 3.10. The summed E-state index contributed by atoms with van der Waals surface area (Å²) in [6.07, 6.45) is 3.45. The molecule has 2 aromatic carbocycles. The van der Waals surface area contributed by atoms with E-state index < -0.39 is 0 Å². The largest absolute Gasteiger partial charge is 0.496 e. The second-order valence-electron chi connectivity index (χ2n) is 5.53. The second-order valence-corrected chi connectivity index (χ2v) is 8.01. The van der Waals surface area contributed by atoms with E-state index in [1.54, 1.807) is 24.9 Å². The first kappa shape index (κ1) is 18.4. The number of halogens is 2. The Kier molecular flexibility index (Phi) is 6.10. The summed E-state index contributed by atoms with van der Waals surface area (Å²) >= 11 is 11.2. The summed E-state index contributed by atoms with van der Waals surface area (Å²) in [5.74, 6) is 1.72. The number of methoxy groups -OCH3 is 1. The van der Waals surface area contributed by atoms with Gasteiger partial charge in [0, 0.05) is 23.4 Å². The number of carbonyl (C=O) groups excluding carboxylic acids is 1. The molecule has 0 N–H and O–H groups in total. The summed E-state index contributed by atoms with van der Waals surface area (Å²) < 4.78 is 6.17. The van der Waals surface area contributed by atoms with Crippen molar-refractivity contribution in [1.82, 2.24) is 4.90 Å². The number of carbonyl (C=O) groups is 1. The average molecular weight is 439 g/mol. The van der Waals surface area contributed by atoms with Gasteiger partial charge < -0.3 is 9.64 Å². The Balaban J connectivity index is 1.75. The normalized spacial score (nSPS) is 17.2. The van der Waals surface area contributed by atoms with E-state index >= 15 is 0 Å². The lowest BCUT2D eigenvalue weighted by atomic mass is 10.2. The fraction of sp³-hybridized carbons (Fsp3) is 0.211. The van der Waals surface area contributed by atoms with Crippen molar-refractivity contribution < 1.29 is 9.53 Å². The van der Waals surface area contributed by atoms with Crippen molar-refractivity contribution >= 4 is 51.3 Å². The molecule has 1 fully saturated rings. The van der Waals surface area contributed by atoms with Crippen LogP contribution in [-0.4, -0.2) is 30.2 Å². The molecule has 25 heavy (non-hydrogen) atoms. The molecule has 6 heteroatoms. The van der Waals surface area contributed by atoms with Crippen molar-refractivity contribution in [3.8, 4) is 5.75 Å². The van der Waals surface area contributed by atoms with Gasteiger partial charge in [-0.2, -0.15) is 0 Å². The molecule has 1 amide bonds. The fourth-order valence-corrected chi connectivity index (χ4v) is 4.58. The van der Waals surface area contributed by atoms with E-state index in [0.717, 1.165) is 33.6 Å². The van der Waals surface area contributed by atoms with Gasteiger partial charge in [0.25, 0.3) is 0 Å². The third-order valence-electron chi connectivity index (χ3n) is 3.92. The number of rotatable bonds is 4. The predicted octanol–water partition coefficient (Wildman–Crippen LogP) is 5.40. The van der Waals surface area contributed by atoms with Crippen LogP contribution in [0, 0.1) is 0 Å². The van der Waals surface area contributed by atoms with E-state index in [2.05, 4.69) is 15.9 Å². The third kappa shape index (κ3) is 4.40. The zero-order chi connectivity index (χ0) is 17.8. The molecule has 1 aliphatic rings. The van der Waals surface area contributed by atoms with Crippen LogP contribution < -0.4 is 4.74 Å². The van der Waals surface area contributed by atoms with Crippen molar-refractivity contribution in [2.75, 3.05) is 19.4 Å². The Hall–Kier alpha value is -1.43. The smallest absolute Gasteiger partial charge is 0.247 e. The first-order chi connectivity index (χ1) is 12.1. The molecule has 2 aromatic rings. The molecular weight excluding hydrogens is 422 g/mol. The number of hydrogen-bond acceptors (Lipinski definition) is 3. The van der Waals surface area contributed by atoms with Crippen molar-refractivity contribution in [3.05, 3.63) is 69.2 Å². The fourth-order valence-electron chi connectivity index (χ4n) is 2.65. The highest BCUT2D eigenvalue weighted by atomic mass is 79.9. The van der Waals surface area contributed by atoms with Crippen LogP contribution >= 0.6 is 39.3 Å². The zero-order valence-electron chi connectivity index (χ0n) is 13.6. The van der Waals surface area contributed by atoms with Crippen molar-refractivity contribution in [2.45, 2.75) is 5.37 Å². The summed E-state index contributed by atoms with van der Waals surface area (Å²) in [5.41, 5.74) is 2.04. The molecule has 1 heterocycles. The number of ether oxygens (including phenoxy) is 1. The molecule has 0 bridgehead atoms. The Morgan fingerprint density at radius 2 is 2.08 bits per heavy atom. The van der Waals surface area contributed by atoms with Gasteiger partial charge in [-0.3, -0.25) is 4.79 Å². The molecular formula is C19H17BrClNO2S. The molecule has 1 aliphatic heterocycles. The lowest BCUT2D eigenvalue weighted by Gasteiger charge is -2.23. The summed E-state index contributed by atoms with van der Waals surface area (Å²) in [4.78, 5) is 14.5. The number of benzene rings is 2. The highest BCUT2D eigenvalue weighted by Gasteiger charge is 2.29. The molecule has 0 radical (unpaired) electrons. The number of thioether (sulfide) groups is 1. The SMILES string of the molecule is COc1ccc(C2SCCN2C(=O)/C=C/c2ccc(Cl)cc2)cc1Br. The van der Waals surface area contributed by atoms with Crippen molar-refractivity contribution in [2.24, 2.45) is 0 Å². The molecule has 0 spiro atoms. The van der Waals surface area contributed by atoms with Crippen LogP contribution in [0.4, 0.5) is 0 Å². The van der Waals surface area contributed by atoms with Gasteiger partial charge >= 0.3 is 0 Å². The van der Waals surface area contributed by atoms with Gasteiger partial charge in [-0.1, -0.05) is 29.8 Å². The van der Waals surface area contributed by atoms with Gasteiger partial charge in [0.15, 0.2) is 0 Å². The molecule has 3 rings (SSSR count). The van der Waals surface area contributed by atoms with E-state index in [-0.39, 0.29) is 11.3 Å². The predicted molar refractivity (Wildman–Crippen MR) is 108 cm³/mol. The van der Waals surface area contributed by atoms with Gasteiger partial charge in [0.1, 0.15) is 11.1 Å². The van der Waals surface area contributed by atoms with E-state index in [9.17, 15) is 4.79 Å². The molecule has 130 valence electrons. The van der Waals surface area contributed by atoms with E-state index in [0.29, 0.717) is 5.02 Å². The summed E-state index contributed by atoms with van der Waals surface area (Å²) in [7, 11) is 1.64. The molecule has 0 aromatic heterocycles. The van der Waals surface area contributed by atoms with Gasteiger partial charge in [-0.25, -0.2) is 0 Å². The topological polar surface area (TPSA) is 29.5 Å². The van der Waals surface area contributed by atoms with Crippen LogP contribution in [0.5, 0.6) is 5.75 Å². The highest BCUT2D eigenvalue weighted by molar-refractivity contribution is 9.10. The molecule has 1 atom stereocenters. The quantitative estimate of drug-likeness (QED) is 0.599. The first-order valence-corrected chi connectivity index (χ1v) is 10.00. The Morgan fingerprint density at radius 1 is 1.32 bits per heavy atom. The lowest BCUT2D eigenvalue weighted by molar-refractivity contribution is -0.126. The maximum Gasteiger partial charge on any atom is 0.247 e. The summed E-state index contributed by atoms with van der Waals surface area (Å²) in [6, 6.07) is 13.4. The first-order valence-electron chi connectivity index (χ1n) is 7.78. The van der Waals surface area contributed by atoms with E-state index in [1.165, 1.54) is 0 Å². The molecule has 1 saturated heterocycles. The zero-order valence-corrected chi connectivity index (χ0v) is 16.8. The van der Waals surface area contributed by atoms with Crippen LogP contribution in [0.15, 0.2) is 53.0 Å². The minimum atomic E-state index is 0.0110. The van der Waals surface area contributed by atoms with Crippen molar-refractivity contribution in [3.63, 3.8) is 0 Å². The number of hydrogen-bond donors (Lipinski definition) is 0. The second kappa shape index (κ2) is 8.30. The molecule has 0 aliphatic carbocycles. The summed E-state index contributed by atoms with van der Waals surface area (Å²) in [6.45, 7) is 0.739. The van der Waals surface area contributed by atoms with Gasteiger partial charge in [0.05, 0.1) is 11.6 Å². The maximum atomic E-state index is 12.6. The maximum absolute atomic E-state index is 12.6. The monoisotopic (exact) mass is 437 g/mol. The van der Waals surface area contributed by atoms with Gasteiger partial charge in [-0.15, -0.1) is 11.8 Å². The van der Waals surface area contributed by atoms with Crippen LogP contribution in [0.1, 0.15) is 16.5 Å². The van der Waals surface area contributed by atoms with E-state index in [1.807, 2.05) is 53.4 Å². The molecule has 3 nitrogen and oxygen atoms in total. The molecule has 1 unspecified atom stereocenters. The van der Waals surface area contributed by atoms with Crippen LogP contribution in [0.2, 0.25) is 5.02 Å². The number of amides is 1. The Morgan fingerprint density at radius 3 is 2.76 bits per heavy atom. The summed E-state index contributed by atoms with van der Waals surface area (Å²) in [5, 5.41) is 0.703. The van der Waals surface area contributed by atoms with E-state index in [4.69, 9.17) is 16.3 Å². The highest BCUT2D eigenvalue weighted by Crippen LogP contribution is 2.40. The minimum absolute atomic E-state index is 0.0110. The third-order valence-corrected chi connectivity index (χ3v) is 6.06. The van der Waals surface area contributed by atoms with Crippen LogP contribution in [-0.2, 0) is 4.79 Å². The van der Waals surface area contributed by atoms with Crippen LogP contribution in [0.3, 0.4) is 0 Å². The lowest BCUT2D eigenvalue weighted by Crippen LogP contribution is -2.28. The van der Waals surface area contributed by atoms with Gasteiger partial charge in [-0.05, 0) is 57.4 Å². The molecule has 0 saturated carbocycles. The van der Waals surface area contributed by atoms with Crippen LogP contribution in [0.25, 0.3) is 6.08 Å². The standard InChI is InChI=1S/C19H17BrClNO2S/c1-24-17-8-5-14(12-16(17)20)19-22(10-11-25-19)18(23)9-4-13-2-6-15(21)7-3-13/h2-9,12,19H,10-11H2,1H3/b9-4+. The number of nitrogens with zero attached hydrogens (tertiary/aromatic N) is 1. The Labute approximate surface area is 165 Å². The van der Waals surface area contributed by atoms with Crippen molar-refractivity contribution in [1.29, 1.82) is 0 Å².